The average molecular weight is 463 g/mol. The van der Waals surface area contributed by atoms with Crippen LogP contribution in [-0.4, -0.2) is 64.1 Å². The molecule has 1 saturated heterocycles. The number of benzene rings is 1. The van der Waals surface area contributed by atoms with Gasteiger partial charge < -0.3 is 9.47 Å². The van der Waals surface area contributed by atoms with Crippen molar-refractivity contribution in [3.8, 4) is 0 Å². The normalized spacial score (nSPS) is 21.4. The molecule has 1 aromatic rings. The van der Waals surface area contributed by atoms with E-state index in [2.05, 4.69) is 5.32 Å². The molecule has 1 fully saturated rings. The molecule has 0 saturated carbocycles. The molecule has 9 heteroatoms. The molecule has 2 aliphatic heterocycles. The molecule has 2 heterocycles. The average Bonchev–Trinajstić information content (AvgIpc) is 3.29. The van der Waals surface area contributed by atoms with Crippen molar-refractivity contribution < 1.29 is 28.7 Å². The Labute approximate surface area is 192 Å². The Morgan fingerprint density at radius 3 is 2.38 bits per heavy atom. The predicted octanol–water partition coefficient (Wildman–Crippen LogP) is 2.76. The number of esters is 2. The second-order valence-corrected chi connectivity index (χ2v) is 10.0. The lowest BCUT2D eigenvalue weighted by atomic mass is 10.1. The summed E-state index contributed by atoms with van der Waals surface area (Å²) in [6, 6.07) is 5.22. The van der Waals surface area contributed by atoms with Crippen molar-refractivity contribution in [2.45, 2.75) is 70.0 Å². The van der Waals surface area contributed by atoms with Gasteiger partial charge in [0.2, 0.25) is 0 Å². The van der Waals surface area contributed by atoms with E-state index in [1.165, 1.54) is 0 Å². The molecule has 0 spiro atoms. The van der Waals surface area contributed by atoms with Gasteiger partial charge in [0.25, 0.3) is 11.8 Å². The molecular weight excluding hydrogens is 432 g/mol. The van der Waals surface area contributed by atoms with Crippen LogP contribution in [0.15, 0.2) is 24.3 Å². The molecule has 0 radical (unpaired) electrons. The highest BCUT2D eigenvalue weighted by molar-refractivity contribution is 8.00. The molecule has 2 aliphatic rings. The van der Waals surface area contributed by atoms with Crippen LogP contribution in [-0.2, 0) is 19.1 Å². The van der Waals surface area contributed by atoms with Gasteiger partial charge in [-0.3, -0.25) is 24.6 Å². The fourth-order valence-electron chi connectivity index (χ4n) is 3.79. The van der Waals surface area contributed by atoms with Gasteiger partial charge in [-0.05, 0) is 59.1 Å². The Hall–Kier alpha value is -2.39. The van der Waals surface area contributed by atoms with Gasteiger partial charge in [-0.1, -0.05) is 12.1 Å². The molecule has 1 N–H and O–H groups in total. The number of hydrogen-bond donors (Lipinski definition) is 1. The van der Waals surface area contributed by atoms with Crippen molar-refractivity contribution >= 4 is 35.5 Å². The number of ether oxygens (including phenoxy) is 2. The summed E-state index contributed by atoms with van der Waals surface area (Å²) >= 11 is 1.62. The van der Waals surface area contributed by atoms with Crippen LogP contribution in [0.2, 0.25) is 0 Å². The number of thioether (sulfide) groups is 1. The van der Waals surface area contributed by atoms with E-state index in [4.69, 9.17) is 9.47 Å². The quantitative estimate of drug-likeness (QED) is 0.465. The third kappa shape index (κ3) is 5.50. The lowest BCUT2D eigenvalue weighted by Crippen LogP contribution is -2.47. The van der Waals surface area contributed by atoms with Crippen LogP contribution in [0.3, 0.4) is 0 Å². The van der Waals surface area contributed by atoms with Gasteiger partial charge >= 0.3 is 11.9 Å². The second-order valence-electron chi connectivity index (χ2n) is 8.80. The first-order chi connectivity index (χ1) is 15.1. The fraction of sp³-hybridized carbons (Fsp3) is 0.565. The number of hydrogen-bond acceptors (Lipinski definition) is 8. The van der Waals surface area contributed by atoms with Crippen LogP contribution in [0, 0.1) is 0 Å². The summed E-state index contributed by atoms with van der Waals surface area (Å²) in [5, 5.41) is 3.28. The lowest BCUT2D eigenvalue weighted by Gasteiger charge is -2.29. The number of fused-ring (bicyclic) bond motifs is 1. The van der Waals surface area contributed by atoms with E-state index in [0.29, 0.717) is 36.3 Å². The summed E-state index contributed by atoms with van der Waals surface area (Å²) in [7, 11) is 0. The molecule has 1 aromatic carbocycles. The molecule has 0 aliphatic carbocycles. The van der Waals surface area contributed by atoms with Crippen LogP contribution < -0.4 is 5.32 Å². The smallest absolute Gasteiger partial charge is 0.329 e. The third-order valence-electron chi connectivity index (χ3n) is 5.18. The Morgan fingerprint density at radius 2 is 1.81 bits per heavy atom. The largest absolute Gasteiger partial charge is 0.465 e. The Balaban J connectivity index is 1.67. The maximum Gasteiger partial charge on any atom is 0.329 e. The zero-order valence-electron chi connectivity index (χ0n) is 18.9. The van der Waals surface area contributed by atoms with Gasteiger partial charge in [-0.15, -0.1) is 11.8 Å². The zero-order chi connectivity index (χ0) is 23.5. The van der Waals surface area contributed by atoms with Gasteiger partial charge in [0.1, 0.15) is 17.7 Å². The summed E-state index contributed by atoms with van der Waals surface area (Å²) in [6.45, 7) is 7.36. The topological polar surface area (TPSA) is 102 Å². The van der Waals surface area contributed by atoms with E-state index < -0.39 is 29.4 Å². The van der Waals surface area contributed by atoms with Crippen molar-refractivity contribution in [2.24, 2.45) is 0 Å². The molecule has 0 aromatic heterocycles. The van der Waals surface area contributed by atoms with Crippen molar-refractivity contribution in [1.82, 2.24) is 10.2 Å². The first-order valence-electron chi connectivity index (χ1n) is 10.9. The van der Waals surface area contributed by atoms with Gasteiger partial charge in [-0.25, -0.2) is 4.79 Å². The monoisotopic (exact) mass is 462 g/mol. The summed E-state index contributed by atoms with van der Waals surface area (Å²) in [6.07, 6.45) is 1.52. The molecule has 3 rings (SSSR count). The molecule has 2 unspecified atom stereocenters. The van der Waals surface area contributed by atoms with E-state index in [1.54, 1.807) is 63.7 Å². The van der Waals surface area contributed by atoms with Crippen LogP contribution in [0.1, 0.15) is 67.7 Å². The van der Waals surface area contributed by atoms with E-state index in [1.807, 2.05) is 0 Å². The molecule has 8 nitrogen and oxygen atoms in total. The number of imide groups is 1. The maximum absolute atomic E-state index is 13.0. The van der Waals surface area contributed by atoms with E-state index in [-0.39, 0.29) is 23.8 Å². The minimum absolute atomic E-state index is 0.0332. The molecule has 0 bridgehead atoms. The number of nitrogens with zero attached hydrogens (tertiary/aromatic N) is 1. The molecule has 32 heavy (non-hydrogen) atoms. The Morgan fingerprint density at radius 1 is 1.19 bits per heavy atom. The number of carbonyl (C=O) groups excluding carboxylic acids is 4. The predicted molar refractivity (Wildman–Crippen MR) is 120 cm³/mol. The number of nitrogens with one attached hydrogen (secondary N) is 1. The van der Waals surface area contributed by atoms with E-state index in [0.717, 1.165) is 4.90 Å². The van der Waals surface area contributed by atoms with Gasteiger partial charge in [0, 0.05) is 5.75 Å². The lowest BCUT2D eigenvalue weighted by molar-refractivity contribution is -0.160. The summed E-state index contributed by atoms with van der Waals surface area (Å²) in [5.41, 5.74) is -0.142. The van der Waals surface area contributed by atoms with Crippen molar-refractivity contribution in [1.29, 1.82) is 0 Å². The van der Waals surface area contributed by atoms with E-state index in [9.17, 15) is 19.2 Å². The van der Waals surface area contributed by atoms with Crippen molar-refractivity contribution in [3.05, 3.63) is 35.4 Å². The van der Waals surface area contributed by atoms with Gasteiger partial charge in [0.05, 0.1) is 23.1 Å². The second kappa shape index (κ2) is 10.0. The minimum atomic E-state index is -1.01. The molecule has 3 atom stereocenters. The SMILES string of the molecule is CCOC(=O)C1CSC(CCC[C@@H](C(=O)OC(C)(C)C)N2C(=O)c3ccccc3C2=O)N1. The van der Waals surface area contributed by atoms with Crippen LogP contribution in [0.5, 0.6) is 0 Å². The van der Waals surface area contributed by atoms with E-state index >= 15 is 0 Å². The highest BCUT2D eigenvalue weighted by atomic mass is 32.2. The number of rotatable bonds is 8. The number of carbonyl (C=O) groups is 4. The van der Waals surface area contributed by atoms with Gasteiger partial charge in [0.15, 0.2) is 0 Å². The summed E-state index contributed by atoms with van der Waals surface area (Å²) in [5.74, 6) is -1.18. The van der Waals surface area contributed by atoms with Gasteiger partial charge in [-0.2, -0.15) is 0 Å². The molecule has 2 amide bonds. The van der Waals surface area contributed by atoms with Crippen LogP contribution in [0.25, 0.3) is 0 Å². The molecule has 174 valence electrons. The minimum Gasteiger partial charge on any atom is -0.465 e. The third-order valence-corrected chi connectivity index (χ3v) is 6.48. The highest BCUT2D eigenvalue weighted by Gasteiger charge is 2.44. The summed E-state index contributed by atoms with van der Waals surface area (Å²) < 4.78 is 10.6. The summed E-state index contributed by atoms with van der Waals surface area (Å²) in [4.78, 5) is 51.8. The van der Waals surface area contributed by atoms with Crippen LogP contribution >= 0.6 is 11.8 Å². The first kappa shape index (κ1) is 24.3. The number of amides is 2. The standard InChI is InChI=1S/C23H30N2O6S/c1-5-30-21(28)16-13-32-18(24-16)12-8-11-17(22(29)31-23(2,3)4)25-19(26)14-9-6-7-10-15(14)20(25)27/h6-7,9-10,16-18,24H,5,8,11-13H2,1-4H3/t16?,17-,18?/m0/s1. The Kier molecular flexibility index (Phi) is 7.61. The zero-order valence-corrected chi connectivity index (χ0v) is 19.7. The van der Waals surface area contributed by atoms with Crippen molar-refractivity contribution in [2.75, 3.05) is 12.4 Å². The molecular formula is C23H30N2O6S. The van der Waals surface area contributed by atoms with Crippen LogP contribution in [0.4, 0.5) is 0 Å². The highest BCUT2D eigenvalue weighted by Crippen LogP contribution is 2.29. The fourth-order valence-corrected chi connectivity index (χ4v) is 5.04. The first-order valence-corrected chi connectivity index (χ1v) is 11.9. The van der Waals surface area contributed by atoms with Crippen molar-refractivity contribution in [3.63, 3.8) is 0 Å². The Bertz CT molecular complexity index is 862. The maximum atomic E-state index is 13.0.